The van der Waals surface area contributed by atoms with Crippen LogP contribution in [-0.2, 0) is 0 Å². The molecule has 1 heterocycles. The molecule has 2 unspecified atom stereocenters. The fourth-order valence-corrected chi connectivity index (χ4v) is 4.60. The molecule has 1 aliphatic heterocycles. The zero-order valence-corrected chi connectivity index (χ0v) is 15.9. The second-order valence-electron chi connectivity index (χ2n) is 7.63. The van der Waals surface area contributed by atoms with Gasteiger partial charge >= 0.3 is 0 Å². The summed E-state index contributed by atoms with van der Waals surface area (Å²) in [6.07, 6.45) is 2.13. The van der Waals surface area contributed by atoms with Crippen molar-refractivity contribution in [2.75, 3.05) is 24.5 Å². The second kappa shape index (κ2) is 7.90. The van der Waals surface area contributed by atoms with Gasteiger partial charge in [-0.15, -0.1) is 0 Å². The minimum atomic E-state index is -0.154. The summed E-state index contributed by atoms with van der Waals surface area (Å²) >= 11 is 0. The van der Waals surface area contributed by atoms with Crippen molar-refractivity contribution >= 4 is 5.69 Å². The molecule has 1 fully saturated rings. The summed E-state index contributed by atoms with van der Waals surface area (Å²) in [6.45, 7) is 8.40. The Morgan fingerprint density at radius 1 is 1.15 bits per heavy atom. The van der Waals surface area contributed by atoms with Gasteiger partial charge in [-0.05, 0) is 56.2 Å². The Kier molecular flexibility index (Phi) is 5.60. The maximum absolute atomic E-state index is 11.3. The van der Waals surface area contributed by atoms with Crippen molar-refractivity contribution in [2.24, 2.45) is 5.92 Å². The molecule has 0 radical (unpaired) electrons. The highest BCUT2D eigenvalue weighted by atomic mass is 16.6. The highest BCUT2D eigenvalue weighted by Crippen LogP contribution is 2.36. The molecule has 2 atom stereocenters. The van der Waals surface area contributed by atoms with Crippen molar-refractivity contribution < 1.29 is 4.92 Å². The Hall–Kier alpha value is -2.36. The van der Waals surface area contributed by atoms with Crippen LogP contribution in [0.25, 0.3) is 0 Å². The van der Waals surface area contributed by atoms with E-state index in [1.54, 1.807) is 0 Å². The number of piperidine rings is 1. The van der Waals surface area contributed by atoms with Crippen LogP contribution in [0.1, 0.15) is 41.0 Å². The molecule has 0 aliphatic carbocycles. The molecule has 26 heavy (non-hydrogen) atoms. The molecule has 0 bridgehead atoms. The third-order valence-electron chi connectivity index (χ3n) is 5.55. The lowest BCUT2D eigenvalue weighted by Gasteiger charge is -2.39. The molecular formula is C22H28N2O2. The fraction of sp³-hybridized carbons (Fsp3) is 0.455. The summed E-state index contributed by atoms with van der Waals surface area (Å²) in [5, 5.41) is 11.3. The zero-order valence-electron chi connectivity index (χ0n) is 15.9. The number of hydrogen-bond acceptors (Lipinski definition) is 3. The molecule has 2 aromatic rings. The highest BCUT2D eigenvalue weighted by molar-refractivity contribution is 5.60. The van der Waals surface area contributed by atoms with E-state index in [0.29, 0.717) is 5.92 Å². The maximum Gasteiger partial charge on any atom is 0.211 e. The van der Waals surface area contributed by atoms with Crippen LogP contribution in [0.5, 0.6) is 0 Å². The van der Waals surface area contributed by atoms with Crippen molar-refractivity contribution in [3.63, 3.8) is 0 Å². The number of hydrogen-bond donors (Lipinski definition) is 0. The summed E-state index contributed by atoms with van der Waals surface area (Å²) in [5.41, 5.74) is 6.29. The number of rotatable bonds is 5. The molecule has 0 aromatic heterocycles. The van der Waals surface area contributed by atoms with Crippen LogP contribution in [0.15, 0.2) is 42.5 Å². The monoisotopic (exact) mass is 352 g/mol. The molecular weight excluding hydrogens is 324 g/mol. The fourth-order valence-electron chi connectivity index (χ4n) is 4.60. The maximum atomic E-state index is 11.3. The van der Waals surface area contributed by atoms with Crippen LogP contribution in [-0.4, -0.2) is 24.6 Å². The Morgan fingerprint density at radius 2 is 1.81 bits per heavy atom. The van der Waals surface area contributed by atoms with Gasteiger partial charge in [0, 0.05) is 23.7 Å². The summed E-state index contributed by atoms with van der Waals surface area (Å²) in [4.78, 5) is 13.6. The van der Waals surface area contributed by atoms with E-state index in [-0.39, 0.29) is 17.4 Å². The van der Waals surface area contributed by atoms with Crippen molar-refractivity contribution in [2.45, 2.75) is 39.5 Å². The predicted molar refractivity (Wildman–Crippen MR) is 107 cm³/mol. The van der Waals surface area contributed by atoms with Gasteiger partial charge in [-0.1, -0.05) is 48.0 Å². The van der Waals surface area contributed by atoms with Crippen LogP contribution < -0.4 is 4.90 Å². The molecule has 3 rings (SSSR count). The first-order chi connectivity index (χ1) is 12.5. The van der Waals surface area contributed by atoms with Gasteiger partial charge < -0.3 is 4.90 Å². The minimum absolute atomic E-state index is 0.00832. The molecule has 2 aromatic carbocycles. The van der Waals surface area contributed by atoms with Crippen LogP contribution in [0.3, 0.4) is 0 Å². The SMILES string of the molecule is Cc1cc(C)c(N2CCCC(C(C[N+](=O)[O-])c3ccccc3)C2)c(C)c1. The summed E-state index contributed by atoms with van der Waals surface area (Å²) in [5.74, 6) is 0.275. The molecule has 1 saturated heterocycles. The van der Waals surface area contributed by atoms with Gasteiger partial charge in [-0.3, -0.25) is 10.1 Å². The Balaban J connectivity index is 1.88. The third-order valence-corrected chi connectivity index (χ3v) is 5.55. The van der Waals surface area contributed by atoms with E-state index in [2.05, 4.69) is 37.8 Å². The minimum Gasteiger partial charge on any atom is -0.371 e. The van der Waals surface area contributed by atoms with Gasteiger partial charge in [0.25, 0.3) is 0 Å². The lowest BCUT2D eigenvalue weighted by atomic mass is 9.80. The average molecular weight is 352 g/mol. The molecule has 138 valence electrons. The molecule has 0 saturated carbocycles. The normalized spacial score (nSPS) is 18.6. The van der Waals surface area contributed by atoms with Crippen LogP contribution >= 0.6 is 0 Å². The van der Waals surface area contributed by atoms with Crippen molar-refractivity contribution in [1.82, 2.24) is 0 Å². The van der Waals surface area contributed by atoms with Crippen LogP contribution in [0.4, 0.5) is 5.69 Å². The van der Waals surface area contributed by atoms with Crippen LogP contribution in [0, 0.1) is 36.8 Å². The van der Waals surface area contributed by atoms with E-state index < -0.39 is 0 Å². The number of benzene rings is 2. The van der Waals surface area contributed by atoms with Gasteiger partial charge in [0.2, 0.25) is 6.54 Å². The first kappa shape index (κ1) is 18.4. The van der Waals surface area contributed by atoms with E-state index in [1.165, 1.54) is 22.4 Å². The molecule has 1 aliphatic rings. The Morgan fingerprint density at radius 3 is 2.42 bits per heavy atom. The molecule has 0 N–H and O–H groups in total. The van der Waals surface area contributed by atoms with Gasteiger partial charge in [0.15, 0.2) is 0 Å². The number of anilines is 1. The summed E-state index contributed by atoms with van der Waals surface area (Å²) < 4.78 is 0. The summed E-state index contributed by atoms with van der Waals surface area (Å²) in [7, 11) is 0. The van der Waals surface area contributed by atoms with E-state index in [4.69, 9.17) is 0 Å². The van der Waals surface area contributed by atoms with Gasteiger partial charge in [-0.25, -0.2) is 0 Å². The predicted octanol–water partition coefficient (Wildman–Crippen LogP) is 4.89. The number of nitrogens with zero attached hydrogens (tertiary/aromatic N) is 2. The lowest BCUT2D eigenvalue weighted by molar-refractivity contribution is -0.485. The van der Waals surface area contributed by atoms with Crippen molar-refractivity contribution in [3.8, 4) is 0 Å². The zero-order chi connectivity index (χ0) is 18.7. The summed E-state index contributed by atoms with van der Waals surface area (Å²) in [6, 6.07) is 14.5. The molecule has 4 heteroatoms. The van der Waals surface area contributed by atoms with Gasteiger partial charge in [0.1, 0.15) is 0 Å². The van der Waals surface area contributed by atoms with E-state index in [0.717, 1.165) is 31.5 Å². The molecule has 0 spiro atoms. The highest BCUT2D eigenvalue weighted by Gasteiger charge is 2.32. The number of aryl methyl sites for hydroxylation is 3. The van der Waals surface area contributed by atoms with Crippen molar-refractivity contribution in [1.29, 1.82) is 0 Å². The van der Waals surface area contributed by atoms with Crippen molar-refractivity contribution in [3.05, 3.63) is 74.8 Å². The topological polar surface area (TPSA) is 46.4 Å². The number of nitro groups is 1. The first-order valence-electron chi connectivity index (χ1n) is 9.45. The lowest BCUT2D eigenvalue weighted by Crippen LogP contribution is -2.40. The first-order valence-corrected chi connectivity index (χ1v) is 9.45. The average Bonchev–Trinajstić information content (AvgIpc) is 2.60. The standard InChI is InChI=1S/C22H28N2O2/c1-16-12-17(2)22(18(3)13-16)23-11-7-10-20(14-23)21(15-24(25)26)19-8-5-4-6-9-19/h4-6,8-9,12-13,20-21H,7,10-11,14-15H2,1-3H3. The molecule has 4 nitrogen and oxygen atoms in total. The Labute approximate surface area is 156 Å². The van der Waals surface area contributed by atoms with E-state index in [9.17, 15) is 10.1 Å². The van der Waals surface area contributed by atoms with E-state index >= 15 is 0 Å². The molecule has 0 amide bonds. The Bertz CT molecular complexity index is 750. The second-order valence-corrected chi connectivity index (χ2v) is 7.63. The van der Waals surface area contributed by atoms with Crippen LogP contribution in [0.2, 0.25) is 0 Å². The third kappa shape index (κ3) is 4.06. The smallest absolute Gasteiger partial charge is 0.211 e. The van der Waals surface area contributed by atoms with Gasteiger partial charge in [0.05, 0.1) is 5.92 Å². The van der Waals surface area contributed by atoms with E-state index in [1.807, 2.05) is 30.3 Å². The quantitative estimate of drug-likeness (QED) is 0.568. The largest absolute Gasteiger partial charge is 0.371 e. The van der Waals surface area contributed by atoms with Gasteiger partial charge in [-0.2, -0.15) is 0 Å².